The Bertz CT molecular complexity index is 1780. The van der Waals surface area contributed by atoms with Gasteiger partial charge >= 0.3 is 0 Å². The topological polar surface area (TPSA) is 90.7 Å². The van der Waals surface area contributed by atoms with Crippen molar-refractivity contribution in [2.75, 3.05) is 49.6 Å². The highest BCUT2D eigenvalue weighted by Crippen LogP contribution is 2.28. The zero-order valence-corrected chi connectivity index (χ0v) is 25.6. The Labute approximate surface area is 264 Å². The van der Waals surface area contributed by atoms with Gasteiger partial charge in [0.1, 0.15) is 0 Å². The Hall–Kier alpha value is -4.98. The van der Waals surface area contributed by atoms with E-state index in [1.807, 2.05) is 103 Å². The molecular formula is C38H39N5O2. The third-order valence-electron chi connectivity index (χ3n) is 8.63. The van der Waals surface area contributed by atoms with E-state index in [2.05, 4.69) is 39.6 Å². The first-order valence-electron chi connectivity index (χ1n) is 15.5. The number of nitrogens with zero attached hydrogens (tertiary/aromatic N) is 2. The molecule has 5 aromatic rings. The lowest BCUT2D eigenvalue weighted by Gasteiger charge is -2.37. The highest BCUT2D eigenvalue weighted by Gasteiger charge is 2.28. The molecule has 0 aliphatic carbocycles. The van der Waals surface area contributed by atoms with Crippen LogP contribution >= 0.6 is 0 Å². The minimum Gasteiger partial charge on any atom is -0.397 e. The van der Waals surface area contributed by atoms with Gasteiger partial charge in [-0.3, -0.25) is 14.5 Å². The summed E-state index contributed by atoms with van der Waals surface area (Å²) in [5, 5.41) is 8.41. The number of nitrogen functional groups attached to an aromatic ring is 1. The molecule has 1 aliphatic heterocycles. The van der Waals surface area contributed by atoms with Crippen molar-refractivity contribution in [3.05, 3.63) is 126 Å². The fourth-order valence-electron chi connectivity index (χ4n) is 5.90. The van der Waals surface area contributed by atoms with Crippen LogP contribution in [0.2, 0.25) is 0 Å². The number of carbonyl (C=O) groups excluding carboxylic acids is 2. The van der Waals surface area contributed by atoms with Crippen LogP contribution in [0.3, 0.4) is 0 Å². The molecule has 1 saturated heterocycles. The van der Waals surface area contributed by atoms with Crippen LogP contribution in [0, 0.1) is 0 Å². The van der Waals surface area contributed by atoms with Crippen LogP contribution in [0.15, 0.2) is 115 Å². The largest absolute Gasteiger partial charge is 0.397 e. The molecule has 2 amide bonds. The summed E-state index contributed by atoms with van der Waals surface area (Å²) in [6.45, 7) is 3.56. The van der Waals surface area contributed by atoms with Crippen molar-refractivity contribution in [1.82, 2.24) is 9.80 Å². The molecule has 0 spiro atoms. The normalized spacial score (nSPS) is 14.6. The molecule has 0 saturated carbocycles. The number of rotatable bonds is 9. The number of nitrogens with two attached hydrogens (primary N) is 1. The quantitative estimate of drug-likeness (QED) is 0.168. The Kier molecular flexibility index (Phi) is 9.19. The molecule has 0 bridgehead atoms. The smallest absolute Gasteiger partial charge is 0.255 e. The van der Waals surface area contributed by atoms with E-state index in [0.717, 1.165) is 65.8 Å². The van der Waals surface area contributed by atoms with Gasteiger partial charge in [0, 0.05) is 37.4 Å². The van der Waals surface area contributed by atoms with Crippen LogP contribution < -0.4 is 16.4 Å². The maximum absolute atomic E-state index is 13.7. The van der Waals surface area contributed by atoms with Gasteiger partial charge in [-0.15, -0.1) is 0 Å². The number of carbonyl (C=O) groups is 2. The first-order chi connectivity index (χ1) is 21.9. The Morgan fingerprint density at radius 2 is 1.44 bits per heavy atom. The molecular weight excluding hydrogens is 558 g/mol. The van der Waals surface area contributed by atoms with Gasteiger partial charge in [-0.1, -0.05) is 78.9 Å². The number of hydrogen-bond acceptors (Lipinski definition) is 5. The van der Waals surface area contributed by atoms with Crippen molar-refractivity contribution >= 4 is 39.6 Å². The third-order valence-corrected chi connectivity index (χ3v) is 8.63. The lowest BCUT2D eigenvalue weighted by atomic mass is 10.0. The van der Waals surface area contributed by atoms with Gasteiger partial charge in [-0.05, 0) is 83.8 Å². The van der Waals surface area contributed by atoms with Crippen molar-refractivity contribution < 1.29 is 9.59 Å². The van der Waals surface area contributed by atoms with E-state index in [-0.39, 0.29) is 17.9 Å². The standard InChI is InChI=1S/C38H39N5O2/c1-42-21-23-43(24-22-42)36(38(45)40-33-18-16-29-9-5-6-10-31(29)25-33)20-13-27-11-14-30(15-12-27)37(44)41-35-26-32(17-19-34(35)39)28-7-3-2-4-8-28/h2-12,14-19,25-26,36H,13,20-24,39H2,1H3,(H,40,45)(H,41,44). The molecule has 1 heterocycles. The predicted octanol–water partition coefficient (Wildman–Crippen LogP) is 6.53. The first kappa shape index (κ1) is 30.1. The molecule has 4 N–H and O–H groups in total. The molecule has 5 aromatic carbocycles. The second-order valence-corrected chi connectivity index (χ2v) is 11.8. The molecule has 0 radical (unpaired) electrons. The van der Waals surface area contributed by atoms with Gasteiger partial charge in [0.25, 0.3) is 5.91 Å². The van der Waals surface area contributed by atoms with Crippen molar-refractivity contribution in [2.45, 2.75) is 18.9 Å². The second kappa shape index (κ2) is 13.8. The SMILES string of the molecule is CN1CCN(C(CCc2ccc(C(=O)Nc3cc(-c4ccccc4)ccc3N)cc2)C(=O)Nc2ccc3ccccc3c2)CC1. The number of fused-ring (bicyclic) bond motifs is 1. The zero-order valence-electron chi connectivity index (χ0n) is 25.6. The summed E-state index contributed by atoms with van der Waals surface area (Å²) in [5.41, 5.74) is 11.8. The minimum absolute atomic E-state index is 0.0150. The summed E-state index contributed by atoms with van der Waals surface area (Å²) in [4.78, 5) is 31.4. The van der Waals surface area contributed by atoms with Crippen molar-refractivity contribution in [3.8, 4) is 11.1 Å². The maximum atomic E-state index is 13.7. The van der Waals surface area contributed by atoms with Gasteiger partial charge in [0.2, 0.25) is 5.91 Å². The highest BCUT2D eigenvalue weighted by atomic mass is 16.2. The molecule has 6 rings (SSSR count). The van der Waals surface area contributed by atoms with Crippen LogP contribution in [-0.4, -0.2) is 60.9 Å². The van der Waals surface area contributed by atoms with Crippen molar-refractivity contribution in [2.24, 2.45) is 0 Å². The highest BCUT2D eigenvalue weighted by molar-refractivity contribution is 6.06. The van der Waals surface area contributed by atoms with E-state index >= 15 is 0 Å². The summed E-state index contributed by atoms with van der Waals surface area (Å²) in [7, 11) is 2.12. The molecule has 1 unspecified atom stereocenters. The number of hydrogen-bond donors (Lipinski definition) is 3. The Balaban J connectivity index is 1.11. The van der Waals surface area contributed by atoms with E-state index in [0.29, 0.717) is 23.4 Å². The number of anilines is 3. The number of piperazine rings is 1. The van der Waals surface area contributed by atoms with Gasteiger partial charge in [0.15, 0.2) is 0 Å². The van der Waals surface area contributed by atoms with Gasteiger partial charge in [0.05, 0.1) is 17.4 Å². The average Bonchev–Trinajstić information content (AvgIpc) is 3.07. The van der Waals surface area contributed by atoms with Crippen LogP contribution in [0.25, 0.3) is 21.9 Å². The van der Waals surface area contributed by atoms with Gasteiger partial charge < -0.3 is 21.3 Å². The summed E-state index contributed by atoms with van der Waals surface area (Å²) >= 11 is 0. The lowest BCUT2D eigenvalue weighted by molar-refractivity contribution is -0.122. The molecule has 1 aliphatic rings. The minimum atomic E-state index is -0.256. The number of amides is 2. The lowest BCUT2D eigenvalue weighted by Crippen LogP contribution is -2.53. The number of aryl methyl sites for hydroxylation is 1. The zero-order chi connectivity index (χ0) is 31.2. The first-order valence-corrected chi connectivity index (χ1v) is 15.5. The van der Waals surface area contributed by atoms with Crippen LogP contribution in [0.4, 0.5) is 17.1 Å². The second-order valence-electron chi connectivity index (χ2n) is 11.8. The fraction of sp³-hybridized carbons (Fsp3) is 0.211. The van der Waals surface area contributed by atoms with E-state index in [1.54, 1.807) is 0 Å². The predicted molar refractivity (Wildman–Crippen MR) is 184 cm³/mol. The summed E-state index contributed by atoms with van der Waals surface area (Å²) in [6, 6.07) is 37.2. The van der Waals surface area contributed by atoms with Crippen molar-refractivity contribution in [3.63, 3.8) is 0 Å². The Morgan fingerprint density at radius 1 is 0.733 bits per heavy atom. The summed E-state index contributed by atoms with van der Waals surface area (Å²) < 4.78 is 0. The number of likely N-dealkylation sites (N-methyl/N-ethyl adjacent to an activating group) is 1. The fourth-order valence-corrected chi connectivity index (χ4v) is 5.90. The third kappa shape index (κ3) is 7.40. The van der Waals surface area contributed by atoms with Gasteiger partial charge in [-0.2, -0.15) is 0 Å². The monoisotopic (exact) mass is 597 g/mol. The number of nitrogens with one attached hydrogen (secondary N) is 2. The molecule has 1 fully saturated rings. The van der Waals surface area contributed by atoms with Crippen LogP contribution in [0.5, 0.6) is 0 Å². The summed E-state index contributed by atoms with van der Waals surface area (Å²) in [6.07, 6.45) is 1.40. The molecule has 7 nitrogen and oxygen atoms in total. The Morgan fingerprint density at radius 3 is 2.20 bits per heavy atom. The average molecular weight is 598 g/mol. The molecule has 7 heteroatoms. The van der Waals surface area contributed by atoms with Gasteiger partial charge in [-0.25, -0.2) is 0 Å². The molecule has 1 atom stereocenters. The summed E-state index contributed by atoms with van der Waals surface area (Å²) in [5.74, 6) is -0.204. The van der Waals surface area contributed by atoms with E-state index in [4.69, 9.17) is 5.73 Å². The maximum Gasteiger partial charge on any atom is 0.255 e. The molecule has 45 heavy (non-hydrogen) atoms. The van der Waals surface area contributed by atoms with E-state index in [1.165, 1.54) is 0 Å². The van der Waals surface area contributed by atoms with E-state index < -0.39 is 0 Å². The van der Waals surface area contributed by atoms with E-state index in [9.17, 15) is 9.59 Å². The van der Waals surface area contributed by atoms with Crippen LogP contribution in [0.1, 0.15) is 22.3 Å². The molecule has 0 aromatic heterocycles. The van der Waals surface area contributed by atoms with Crippen LogP contribution in [-0.2, 0) is 11.2 Å². The number of benzene rings is 5. The van der Waals surface area contributed by atoms with Crippen molar-refractivity contribution in [1.29, 1.82) is 0 Å². The molecule has 228 valence electrons.